The minimum Gasteiger partial charge on any atom is -0.299 e. The maximum Gasteiger partial charge on any atom is 0.195 e. The summed E-state index contributed by atoms with van der Waals surface area (Å²) in [5.74, 6) is -0.519. The maximum absolute atomic E-state index is 14.6. The molecule has 0 heterocycles. The molecule has 0 aromatic heterocycles. The topological polar surface area (TPSA) is 58.7 Å². The highest BCUT2D eigenvalue weighted by atomic mass is 32.2. The van der Waals surface area contributed by atoms with Crippen molar-refractivity contribution in [1.29, 1.82) is 0 Å². The van der Waals surface area contributed by atoms with E-state index in [0.29, 0.717) is 12.6 Å². The lowest BCUT2D eigenvalue weighted by atomic mass is 9.91. The van der Waals surface area contributed by atoms with E-state index in [-0.39, 0.29) is 9.93 Å². The number of benzene rings is 1. The van der Waals surface area contributed by atoms with Crippen molar-refractivity contribution in [3.05, 3.63) is 29.6 Å². The predicted molar refractivity (Wildman–Crippen MR) is 106 cm³/mol. The van der Waals surface area contributed by atoms with E-state index in [1.807, 2.05) is 19.2 Å². The van der Waals surface area contributed by atoms with Crippen LogP contribution < -0.4 is 5.14 Å². The molecule has 0 aliphatic heterocycles. The summed E-state index contributed by atoms with van der Waals surface area (Å²) in [6, 6.07) is 5.42. The number of hydrogen-bond acceptors (Lipinski definition) is 3. The van der Waals surface area contributed by atoms with E-state index < -0.39 is 24.0 Å². The summed E-state index contributed by atoms with van der Waals surface area (Å²) in [7, 11) is -3.42. The molecule has 0 amide bonds. The molecule has 1 unspecified atom stereocenters. The maximum atomic E-state index is 14.6. The molecule has 2 rings (SSSR count). The summed E-state index contributed by atoms with van der Waals surface area (Å²) in [5, 5.41) is 5.90. The lowest BCUT2D eigenvalue weighted by Gasteiger charge is -2.34. The average Bonchev–Trinajstić information content (AvgIpc) is 2.32. The summed E-state index contributed by atoms with van der Waals surface area (Å²) >= 11 is 0. The van der Waals surface area contributed by atoms with Crippen LogP contribution in [0.1, 0.15) is 45.6 Å². The van der Waals surface area contributed by atoms with Gasteiger partial charge in [0.25, 0.3) is 0 Å². The van der Waals surface area contributed by atoms with Crippen LogP contribution in [0.25, 0.3) is 0 Å². The molecule has 142 valence electrons. The van der Waals surface area contributed by atoms with Crippen LogP contribution >= 0.6 is 0 Å². The van der Waals surface area contributed by atoms with Crippen LogP contribution in [0.3, 0.4) is 0 Å². The van der Waals surface area contributed by atoms with Gasteiger partial charge < -0.3 is 0 Å². The van der Waals surface area contributed by atoms with E-state index in [1.54, 1.807) is 6.07 Å². The Morgan fingerprint density at radius 3 is 2.40 bits per heavy atom. The molecule has 7 heteroatoms. The third-order valence-corrected chi connectivity index (χ3v) is 13.2. The molecular weight excluding hydrogens is 353 g/mol. The molecule has 2 N–H and O–H groups in total. The monoisotopic (exact) mass is 385 g/mol. The molecule has 1 aliphatic rings. The van der Waals surface area contributed by atoms with E-state index in [4.69, 9.17) is 5.14 Å². The molecule has 25 heavy (non-hydrogen) atoms. The molecule has 1 aromatic carbocycles. The molecule has 4 nitrogen and oxygen atoms in total. The zero-order chi connectivity index (χ0) is 19.0. The standard InChI is InChI=1S/C18H32FN3OSSi/c1-18(2,3)25(5,6)21-24(20,23)17-11-10-14(12-16(17)19)13-22(4)15-8-7-9-15/h10-12,15H,7-9,13H2,1-6H3,(H2,20,21,23). The Bertz CT molecular complexity index is 747. The molecule has 1 saturated carbocycles. The van der Waals surface area contributed by atoms with Gasteiger partial charge in [0.1, 0.15) is 15.7 Å². The van der Waals surface area contributed by atoms with Gasteiger partial charge in [0.15, 0.2) is 8.24 Å². The molecular formula is C18H32FN3OSSi. The van der Waals surface area contributed by atoms with Crippen molar-refractivity contribution < 1.29 is 8.60 Å². The lowest BCUT2D eigenvalue weighted by molar-refractivity contribution is 0.152. The van der Waals surface area contributed by atoms with Gasteiger partial charge in [0, 0.05) is 12.6 Å². The highest BCUT2D eigenvalue weighted by Gasteiger charge is 2.37. The Morgan fingerprint density at radius 2 is 1.96 bits per heavy atom. The van der Waals surface area contributed by atoms with E-state index >= 15 is 0 Å². The Labute approximate surface area is 153 Å². The van der Waals surface area contributed by atoms with Gasteiger partial charge in [-0.2, -0.15) is 0 Å². The molecule has 0 bridgehead atoms. The van der Waals surface area contributed by atoms with Gasteiger partial charge in [-0.25, -0.2) is 13.7 Å². The number of nitrogens with zero attached hydrogens (tertiary/aromatic N) is 2. The van der Waals surface area contributed by atoms with E-state index in [0.717, 1.165) is 5.56 Å². The quantitative estimate of drug-likeness (QED) is 0.758. The van der Waals surface area contributed by atoms with Crippen LogP contribution in [0, 0.1) is 5.82 Å². The van der Waals surface area contributed by atoms with Crippen molar-refractivity contribution >= 4 is 18.2 Å². The zero-order valence-corrected chi connectivity index (χ0v) is 18.1. The van der Waals surface area contributed by atoms with Crippen LogP contribution in [0.2, 0.25) is 18.1 Å². The molecule has 1 fully saturated rings. The first kappa shape index (κ1) is 20.5. The minimum atomic E-state index is -3.24. The summed E-state index contributed by atoms with van der Waals surface area (Å²) in [6.07, 6.45) is 3.69. The fourth-order valence-electron chi connectivity index (χ4n) is 2.65. The third kappa shape index (κ3) is 4.70. The van der Waals surface area contributed by atoms with Gasteiger partial charge in [-0.1, -0.05) is 33.3 Å². The van der Waals surface area contributed by atoms with Gasteiger partial charge in [-0.3, -0.25) is 8.93 Å². The molecule has 1 atom stereocenters. The smallest absolute Gasteiger partial charge is 0.195 e. The minimum absolute atomic E-state index is 0.0207. The molecule has 1 aliphatic carbocycles. The summed E-state index contributed by atoms with van der Waals surface area (Å²) in [4.78, 5) is 2.27. The number of rotatable bonds is 5. The average molecular weight is 386 g/mol. The summed E-state index contributed by atoms with van der Waals surface area (Å²) in [5.41, 5.74) is 0.873. The van der Waals surface area contributed by atoms with E-state index in [1.165, 1.54) is 25.3 Å². The van der Waals surface area contributed by atoms with Crippen LogP contribution in [0.4, 0.5) is 4.39 Å². The van der Waals surface area contributed by atoms with Crippen LogP contribution in [-0.4, -0.2) is 30.4 Å². The van der Waals surface area contributed by atoms with Crippen LogP contribution in [0.15, 0.2) is 27.1 Å². The molecule has 1 aromatic rings. The first-order valence-corrected chi connectivity index (χ1v) is 13.4. The van der Waals surface area contributed by atoms with Crippen molar-refractivity contribution in [3.63, 3.8) is 0 Å². The van der Waals surface area contributed by atoms with E-state index in [2.05, 4.69) is 36.7 Å². The Hall–Kier alpha value is -0.763. The van der Waals surface area contributed by atoms with Crippen LogP contribution in [0.5, 0.6) is 0 Å². The number of hydrogen-bond donors (Lipinski definition) is 1. The molecule has 0 radical (unpaired) electrons. The highest BCUT2D eigenvalue weighted by Crippen LogP contribution is 2.38. The number of nitrogens with two attached hydrogens (primary N) is 1. The third-order valence-electron chi connectivity index (χ3n) is 5.64. The SMILES string of the molecule is CN(Cc1ccc(S(N)(=O)=N[Si](C)(C)C(C)(C)C)c(F)c1)C1CCC1. The Balaban J connectivity index is 2.28. The first-order valence-electron chi connectivity index (χ1n) is 8.88. The zero-order valence-electron chi connectivity index (χ0n) is 16.3. The van der Waals surface area contributed by atoms with E-state index in [9.17, 15) is 8.60 Å². The number of halogens is 1. The van der Waals surface area contributed by atoms with Gasteiger partial charge >= 0.3 is 0 Å². The van der Waals surface area contributed by atoms with Crippen molar-refractivity contribution in [2.45, 2.75) is 75.6 Å². The van der Waals surface area contributed by atoms with Crippen molar-refractivity contribution in [1.82, 2.24) is 4.90 Å². The predicted octanol–water partition coefficient (Wildman–Crippen LogP) is 4.52. The largest absolute Gasteiger partial charge is 0.299 e. The van der Waals surface area contributed by atoms with Gasteiger partial charge in [-0.15, -0.1) is 0 Å². The molecule has 0 saturated heterocycles. The van der Waals surface area contributed by atoms with Crippen LogP contribution in [-0.2, 0) is 16.5 Å². The van der Waals surface area contributed by atoms with Crippen molar-refractivity contribution in [2.75, 3.05) is 7.05 Å². The lowest BCUT2D eigenvalue weighted by Crippen LogP contribution is -2.38. The second-order valence-corrected chi connectivity index (χ2v) is 15.7. The van der Waals surface area contributed by atoms with Gasteiger partial charge in [0.05, 0.1) is 4.90 Å². The van der Waals surface area contributed by atoms with Gasteiger partial charge in [0.2, 0.25) is 0 Å². The second kappa shape index (κ2) is 7.10. The molecule has 0 spiro atoms. The summed E-state index contributed by atoms with van der Waals surface area (Å²) < 4.78 is 32.1. The van der Waals surface area contributed by atoms with Crippen molar-refractivity contribution in [2.24, 2.45) is 9.17 Å². The first-order chi connectivity index (χ1) is 11.3. The van der Waals surface area contributed by atoms with Gasteiger partial charge in [-0.05, 0) is 55.7 Å². The fourth-order valence-corrected chi connectivity index (χ4v) is 7.45. The Morgan fingerprint density at radius 1 is 1.36 bits per heavy atom. The summed E-state index contributed by atoms with van der Waals surface area (Å²) in [6.45, 7) is 10.9. The van der Waals surface area contributed by atoms with Crippen molar-refractivity contribution in [3.8, 4) is 0 Å². The Kier molecular flexibility index (Phi) is 5.83. The fraction of sp³-hybridized carbons (Fsp3) is 0.667. The highest BCUT2D eigenvalue weighted by molar-refractivity contribution is 7.92. The second-order valence-electron chi connectivity index (χ2n) is 8.73. The normalized spacial score (nSPS) is 18.8.